The molecule has 1 aliphatic rings. The molecule has 1 atom stereocenters. The van der Waals surface area contributed by atoms with Crippen molar-refractivity contribution in [3.8, 4) is 0 Å². The van der Waals surface area contributed by atoms with Crippen LogP contribution in [-0.4, -0.2) is 31.2 Å². The molecular weight excluding hydrogens is 192 g/mol. The Morgan fingerprint density at radius 1 is 1.53 bits per heavy atom. The molecule has 4 heteroatoms. The van der Waals surface area contributed by atoms with E-state index in [4.69, 9.17) is 10.5 Å². The summed E-state index contributed by atoms with van der Waals surface area (Å²) < 4.78 is 4.78. The van der Waals surface area contributed by atoms with Crippen LogP contribution in [-0.2, 0) is 9.53 Å². The van der Waals surface area contributed by atoms with Crippen LogP contribution in [0.1, 0.15) is 33.1 Å². The summed E-state index contributed by atoms with van der Waals surface area (Å²) in [5, 5.41) is 3.31. The van der Waals surface area contributed by atoms with Crippen LogP contribution in [0.5, 0.6) is 0 Å². The van der Waals surface area contributed by atoms with E-state index in [0.29, 0.717) is 18.0 Å². The average molecular weight is 214 g/mol. The molecular formula is C11H22N2O2. The SMILES string of the molecule is COC(=O)C(CC(C)C)NC1CC(N)C1. The van der Waals surface area contributed by atoms with Crippen LogP contribution in [0.3, 0.4) is 0 Å². The van der Waals surface area contributed by atoms with E-state index in [9.17, 15) is 4.79 Å². The Kier molecular flexibility index (Phi) is 4.54. The summed E-state index contributed by atoms with van der Waals surface area (Å²) in [4.78, 5) is 11.5. The van der Waals surface area contributed by atoms with Crippen molar-refractivity contribution < 1.29 is 9.53 Å². The van der Waals surface area contributed by atoms with Crippen molar-refractivity contribution in [3.63, 3.8) is 0 Å². The molecule has 0 aromatic heterocycles. The van der Waals surface area contributed by atoms with Gasteiger partial charge in [-0.15, -0.1) is 0 Å². The Morgan fingerprint density at radius 2 is 2.13 bits per heavy atom. The normalized spacial score (nSPS) is 27.3. The van der Waals surface area contributed by atoms with Gasteiger partial charge in [-0.25, -0.2) is 0 Å². The van der Waals surface area contributed by atoms with Gasteiger partial charge in [0.05, 0.1) is 7.11 Å². The highest BCUT2D eigenvalue weighted by molar-refractivity contribution is 5.75. The molecule has 0 bridgehead atoms. The van der Waals surface area contributed by atoms with Crippen LogP contribution < -0.4 is 11.1 Å². The molecule has 0 saturated heterocycles. The number of rotatable bonds is 5. The van der Waals surface area contributed by atoms with Gasteiger partial charge in [0.15, 0.2) is 0 Å². The third-order valence-electron chi connectivity index (χ3n) is 2.80. The fourth-order valence-corrected chi connectivity index (χ4v) is 1.93. The molecule has 0 aliphatic heterocycles. The van der Waals surface area contributed by atoms with Gasteiger partial charge in [0, 0.05) is 12.1 Å². The summed E-state index contributed by atoms with van der Waals surface area (Å²) in [5.74, 6) is 0.319. The average Bonchev–Trinajstić information content (AvgIpc) is 2.12. The fraction of sp³-hybridized carbons (Fsp3) is 0.909. The molecule has 1 fully saturated rings. The Labute approximate surface area is 91.5 Å². The number of ether oxygens (including phenoxy) is 1. The second-order valence-corrected chi connectivity index (χ2v) is 4.80. The first kappa shape index (κ1) is 12.5. The van der Waals surface area contributed by atoms with Crippen molar-refractivity contribution >= 4 is 5.97 Å². The summed E-state index contributed by atoms with van der Waals surface area (Å²) in [5.41, 5.74) is 5.70. The van der Waals surface area contributed by atoms with Crippen molar-refractivity contribution in [2.24, 2.45) is 11.7 Å². The zero-order valence-electron chi connectivity index (χ0n) is 9.82. The van der Waals surface area contributed by atoms with E-state index in [0.717, 1.165) is 19.3 Å². The van der Waals surface area contributed by atoms with Gasteiger partial charge in [-0.05, 0) is 25.2 Å². The first-order valence-corrected chi connectivity index (χ1v) is 5.62. The van der Waals surface area contributed by atoms with Crippen molar-refractivity contribution in [1.82, 2.24) is 5.32 Å². The lowest BCUT2D eigenvalue weighted by molar-refractivity contribution is -0.144. The summed E-state index contributed by atoms with van der Waals surface area (Å²) in [6.45, 7) is 4.20. The smallest absolute Gasteiger partial charge is 0.322 e. The summed E-state index contributed by atoms with van der Waals surface area (Å²) in [6, 6.07) is 0.523. The first-order valence-electron chi connectivity index (χ1n) is 5.62. The molecule has 88 valence electrons. The van der Waals surface area contributed by atoms with E-state index < -0.39 is 0 Å². The highest BCUT2D eigenvalue weighted by Crippen LogP contribution is 2.19. The number of esters is 1. The zero-order valence-corrected chi connectivity index (χ0v) is 9.82. The topological polar surface area (TPSA) is 64.3 Å². The van der Waals surface area contributed by atoms with Gasteiger partial charge >= 0.3 is 5.97 Å². The highest BCUT2D eigenvalue weighted by Gasteiger charge is 2.30. The lowest BCUT2D eigenvalue weighted by Gasteiger charge is -2.35. The van der Waals surface area contributed by atoms with Gasteiger partial charge < -0.3 is 15.8 Å². The number of nitrogens with two attached hydrogens (primary N) is 1. The van der Waals surface area contributed by atoms with Gasteiger partial charge in [-0.1, -0.05) is 13.8 Å². The minimum Gasteiger partial charge on any atom is -0.468 e. The maximum Gasteiger partial charge on any atom is 0.322 e. The molecule has 0 heterocycles. The van der Waals surface area contributed by atoms with Crippen molar-refractivity contribution in [1.29, 1.82) is 0 Å². The molecule has 3 N–H and O–H groups in total. The molecule has 1 saturated carbocycles. The van der Waals surface area contributed by atoms with E-state index in [1.54, 1.807) is 0 Å². The van der Waals surface area contributed by atoms with E-state index in [2.05, 4.69) is 19.2 Å². The Balaban J connectivity index is 2.38. The Bertz CT molecular complexity index is 213. The van der Waals surface area contributed by atoms with Crippen LogP contribution in [0.15, 0.2) is 0 Å². The number of hydrogen-bond donors (Lipinski definition) is 2. The lowest BCUT2D eigenvalue weighted by Crippen LogP contribution is -2.54. The Morgan fingerprint density at radius 3 is 2.53 bits per heavy atom. The van der Waals surface area contributed by atoms with E-state index in [-0.39, 0.29) is 12.0 Å². The minimum atomic E-state index is -0.174. The molecule has 0 aromatic rings. The minimum absolute atomic E-state index is 0.163. The fourth-order valence-electron chi connectivity index (χ4n) is 1.93. The molecule has 1 unspecified atom stereocenters. The van der Waals surface area contributed by atoms with E-state index in [1.165, 1.54) is 7.11 Å². The van der Waals surface area contributed by atoms with Gasteiger partial charge in [-0.3, -0.25) is 4.79 Å². The molecule has 1 aliphatic carbocycles. The molecule has 4 nitrogen and oxygen atoms in total. The summed E-state index contributed by atoms with van der Waals surface area (Å²) in [6.07, 6.45) is 2.75. The molecule has 0 aromatic carbocycles. The number of methoxy groups -OCH3 is 1. The van der Waals surface area contributed by atoms with E-state index in [1.807, 2.05) is 0 Å². The number of nitrogens with one attached hydrogen (secondary N) is 1. The van der Waals surface area contributed by atoms with Gasteiger partial charge in [0.25, 0.3) is 0 Å². The lowest BCUT2D eigenvalue weighted by atomic mass is 9.86. The quantitative estimate of drug-likeness (QED) is 0.660. The number of carbonyl (C=O) groups excluding carboxylic acids is 1. The largest absolute Gasteiger partial charge is 0.468 e. The van der Waals surface area contributed by atoms with Gasteiger partial charge in [0.1, 0.15) is 6.04 Å². The second-order valence-electron chi connectivity index (χ2n) is 4.80. The maximum absolute atomic E-state index is 11.5. The Hall–Kier alpha value is -0.610. The van der Waals surface area contributed by atoms with Crippen molar-refractivity contribution in [2.75, 3.05) is 7.11 Å². The van der Waals surface area contributed by atoms with Crippen LogP contribution >= 0.6 is 0 Å². The van der Waals surface area contributed by atoms with Crippen molar-refractivity contribution in [3.05, 3.63) is 0 Å². The van der Waals surface area contributed by atoms with Gasteiger partial charge in [-0.2, -0.15) is 0 Å². The molecule has 0 spiro atoms. The van der Waals surface area contributed by atoms with Crippen LogP contribution in [0.4, 0.5) is 0 Å². The van der Waals surface area contributed by atoms with Crippen LogP contribution in [0.2, 0.25) is 0 Å². The summed E-state index contributed by atoms with van der Waals surface area (Å²) >= 11 is 0. The monoisotopic (exact) mass is 214 g/mol. The highest BCUT2D eigenvalue weighted by atomic mass is 16.5. The molecule has 15 heavy (non-hydrogen) atoms. The maximum atomic E-state index is 11.5. The predicted octanol–water partition coefficient (Wildman–Crippen LogP) is 0.653. The zero-order chi connectivity index (χ0) is 11.4. The van der Waals surface area contributed by atoms with Crippen molar-refractivity contribution in [2.45, 2.75) is 51.2 Å². The predicted molar refractivity (Wildman–Crippen MR) is 59.4 cm³/mol. The second kappa shape index (κ2) is 5.47. The third-order valence-corrected chi connectivity index (χ3v) is 2.80. The van der Waals surface area contributed by atoms with Crippen LogP contribution in [0, 0.1) is 5.92 Å². The number of carbonyl (C=O) groups is 1. The van der Waals surface area contributed by atoms with Crippen LogP contribution in [0.25, 0.3) is 0 Å². The first-order chi connectivity index (χ1) is 7.02. The van der Waals surface area contributed by atoms with Gasteiger partial charge in [0.2, 0.25) is 0 Å². The number of hydrogen-bond acceptors (Lipinski definition) is 4. The summed E-state index contributed by atoms with van der Waals surface area (Å²) in [7, 11) is 1.43. The standard InChI is InChI=1S/C11H22N2O2/c1-7(2)4-10(11(14)15-3)13-9-5-8(12)6-9/h7-10,13H,4-6,12H2,1-3H3. The molecule has 0 radical (unpaired) electrons. The third kappa shape index (κ3) is 3.80. The molecule has 0 amide bonds. The molecule has 1 rings (SSSR count). The van der Waals surface area contributed by atoms with E-state index >= 15 is 0 Å².